The van der Waals surface area contributed by atoms with Gasteiger partial charge in [0.15, 0.2) is 0 Å². The summed E-state index contributed by atoms with van der Waals surface area (Å²) in [6.07, 6.45) is 1.30. The molecule has 2 rings (SSSR count). The summed E-state index contributed by atoms with van der Waals surface area (Å²) < 4.78 is 0. The number of nitrogens with zero attached hydrogens (tertiary/aromatic N) is 2. The van der Waals surface area contributed by atoms with E-state index < -0.39 is 0 Å². The fourth-order valence-corrected chi connectivity index (χ4v) is 2.82. The lowest BCUT2D eigenvalue weighted by atomic mass is 10.3. The molecule has 1 aliphatic heterocycles. The van der Waals surface area contributed by atoms with Crippen LogP contribution in [-0.2, 0) is 6.54 Å². The predicted molar refractivity (Wildman–Crippen MR) is 71.0 cm³/mol. The van der Waals surface area contributed by atoms with Crippen LogP contribution in [-0.4, -0.2) is 41.5 Å². The topological polar surface area (TPSA) is 28.2 Å². The van der Waals surface area contributed by atoms with Crippen LogP contribution in [0.1, 0.15) is 12.1 Å². The lowest BCUT2D eigenvalue weighted by Gasteiger charge is -2.18. The number of anilines is 1. The maximum Gasteiger partial charge on any atom is 0.126 e. The van der Waals surface area contributed by atoms with Crippen LogP contribution in [0.2, 0.25) is 0 Å². The quantitative estimate of drug-likeness (QED) is 0.871. The maximum atomic E-state index is 4.56. The fraction of sp³-hybridized carbons (Fsp3) is 0.583. The Kier molecular flexibility index (Phi) is 4.48. The van der Waals surface area contributed by atoms with E-state index in [1.54, 1.807) is 0 Å². The van der Waals surface area contributed by atoms with Gasteiger partial charge in [0.25, 0.3) is 0 Å². The van der Waals surface area contributed by atoms with Crippen molar-refractivity contribution in [1.82, 2.24) is 9.88 Å². The van der Waals surface area contributed by atoms with Gasteiger partial charge >= 0.3 is 0 Å². The van der Waals surface area contributed by atoms with Gasteiger partial charge in [-0.25, -0.2) is 4.98 Å². The van der Waals surface area contributed by atoms with Crippen molar-refractivity contribution in [1.29, 1.82) is 0 Å². The molecule has 1 aromatic heterocycles. The molecule has 1 aromatic rings. The van der Waals surface area contributed by atoms with Crippen molar-refractivity contribution < 1.29 is 0 Å². The van der Waals surface area contributed by atoms with Crippen LogP contribution in [0, 0.1) is 0 Å². The molecule has 16 heavy (non-hydrogen) atoms. The molecule has 1 aliphatic rings. The van der Waals surface area contributed by atoms with Gasteiger partial charge in [0, 0.05) is 25.9 Å². The molecule has 0 aliphatic carbocycles. The van der Waals surface area contributed by atoms with Gasteiger partial charge < -0.3 is 5.32 Å². The highest BCUT2D eigenvalue weighted by atomic mass is 32.2. The Labute approximate surface area is 102 Å². The predicted octanol–water partition coefficient (Wildman–Crippen LogP) is 2.06. The zero-order chi connectivity index (χ0) is 11.2. The van der Waals surface area contributed by atoms with Gasteiger partial charge in [0.05, 0.1) is 5.69 Å². The molecule has 0 spiro atoms. The lowest BCUT2D eigenvalue weighted by Crippen LogP contribution is -2.25. The third-order valence-corrected chi connectivity index (χ3v) is 3.81. The molecule has 4 heteroatoms. The Balaban J connectivity index is 1.96. The Morgan fingerprint density at radius 3 is 3.19 bits per heavy atom. The van der Waals surface area contributed by atoms with E-state index in [1.807, 2.05) is 13.1 Å². The van der Waals surface area contributed by atoms with Gasteiger partial charge in [-0.3, -0.25) is 4.90 Å². The molecule has 0 radical (unpaired) electrons. The van der Waals surface area contributed by atoms with Crippen molar-refractivity contribution in [3.8, 4) is 0 Å². The van der Waals surface area contributed by atoms with Gasteiger partial charge in [-0.05, 0) is 30.9 Å². The van der Waals surface area contributed by atoms with Gasteiger partial charge in [0.2, 0.25) is 0 Å². The second kappa shape index (κ2) is 6.11. The van der Waals surface area contributed by atoms with Crippen LogP contribution < -0.4 is 5.32 Å². The SMILES string of the molecule is CNc1cccc(CN2CCCSCC2)n1. The molecule has 0 amide bonds. The molecular weight excluding hydrogens is 218 g/mol. The first kappa shape index (κ1) is 11.7. The number of thioether (sulfide) groups is 1. The van der Waals surface area contributed by atoms with Crippen molar-refractivity contribution in [3.05, 3.63) is 23.9 Å². The third-order valence-electron chi connectivity index (χ3n) is 2.76. The Morgan fingerprint density at radius 2 is 2.31 bits per heavy atom. The second-order valence-electron chi connectivity index (χ2n) is 4.01. The molecule has 88 valence electrons. The minimum Gasteiger partial charge on any atom is -0.373 e. The van der Waals surface area contributed by atoms with Crippen molar-refractivity contribution >= 4 is 17.6 Å². The summed E-state index contributed by atoms with van der Waals surface area (Å²) >= 11 is 2.06. The third kappa shape index (κ3) is 3.39. The average Bonchev–Trinajstić information content (AvgIpc) is 2.58. The smallest absolute Gasteiger partial charge is 0.126 e. The van der Waals surface area contributed by atoms with E-state index in [4.69, 9.17) is 0 Å². The molecule has 0 atom stereocenters. The van der Waals surface area contributed by atoms with Crippen LogP contribution in [0.15, 0.2) is 18.2 Å². The number of aromatic nitrogens is 1. The van der Waals surface area contributed by atoms with Crippen LogP contribution in [0.5, 0.6) is 0 Å². The monoisotopic (exact) mass is 237 g/mol. The summed E-state index contributed by atoms with van der Waals surface area (Å²) in [6.45, 7) is 3.38. The van der Waals surface area contributed by atoms with Crippen molar-refractivity contribution in [2.75, 3.05) is 37.0 Å². The molecule has 0 saturated carbocycles. The standard InChI is InChI=1S/C12H19N3S/c1-13-12-5-2-4-11(14-12)10-15-6-3-8-16-9-7-15/h2,4-5H,3,6-10H2,1H3,(H,13,14). The summed E-state index contributed by atoms with van der Waals surface area (Å²) in [6, 6.07) is 6.18. The maximum absolute atomic E-state index is 4.56. The van der Waals surface area contributed by atoms with Gasteiger partial charge in [-0.2, -0.15) is 11.8 Å². The summed E-state index contributed by atoms with van der Waals surface area (Å²) in [5.74, 6) is 3.52. The zero-order valence-corrected chi connectivity index (χ0v) is 10.6. The molecule has 1 N–H and O–H groups in total. The van der Waals surface area contributed by atoms with E-state index >= 15 is 0 Å². The Bertz CT molecular complexity index is 322. The number of hydrogen-bond donors (Lipinski definition) is 1. The fourth-order valence-electron chi connectivity index (χ4n) is 1.89. The normalized spacial score (nSPS) is 18.1. The molecule has 1 fully saturated rings. The lowest BCUT2D eigenvalue weighted by molar-refractivity contribution is 0.284. The molecule has 3 nitrogen and oxygen atoms in total. The molecule has 2 heterocycles. The highest BCUT2D eigenvalue weighted by molar-refractivity contribution is 7.99. The van der Waals surface area contributed by atoms with Crippen LogP contribution in [0.4, 0.5) is 5.82 Å². The first-order valence-corrected chi connectivity index (χ1v) is 6.98. The first-order valence-electron chi connectivity index (χ1n) is 5.82. The van der Waals surface area contributed by atoms with Gasteiger partial charge in [-0.15, -0.1) is 0 Å². The summed E-state index contributed by atoms with van der Waals surface area (Å²) in [4.78, 5) is 7.06. The molecule has 1 saturated heterocycles. The minimum atomic E-state index is 0.960. The summed E-state index contributed by atoms with van der Waals surface area (Å²) in [5, 5.41) is 3.08. The summed E-state index contributed by atoms with van der Waals surface area (Å²) in [7, 11) is 1.91. The zero-order valence-electron chi connectivity index (χ0n) is 9.78. The second-order valence-corrected chi connectivity index (χ2v) is 5.23. The number of nitrogens with one attached hydrogen (secondary N) is 1. The molecule has 0 aromatic carbocycles. The van der Waals surface area contributed by atoms with Crippen molar-refractivity contribution in [2.45, 2.75) is 13.0 Å². The molecular formula is C12H19N3S. The van der Waals surface area contributed by atoms with Crippen LogP contribution in [0.3, 0.4) is 0 Å². The van der Waals surface area contributed by atoms with E-state index in [1.165, 1.54) is 36.7 Å². The van der Waals surface area contributed by atoms with Gasteiger partial charge in [-0.1, -0.05) is 6.07 Å². The number of rotatable bonds is 3. The van der Waals surface area contributed by atoms with Gasteiger partial charge in [0.1, 0.15) is 5.82 Å². The molecule has 0 bridgehead atoms. The first-order chi connectivity index (χ1) is 7.88. The van der Waals surface area contributed by atoms with E-state index in [-0.39, 0.29) is 0 Å². The summed E-state index contributed by atoms with van der Waals surface area (Å²) in [5.41, 5.74) is 1.17. The Hall–Kier alpha value is -0.740. The number of hydrogen-bond acceptors (Lipinski definition) is 4. The van der Waals surface area contributed by atoms with Crippen LogP contribution >= 0.6 is 11.8 Å². The largest absolute Gasteiger partial charge is 0.373 e. The number of pyridine rings is 1. The van der Waals surface area contributed by atoms with E-state index in [0.29, 0.717) is 0 Å². The van der Waals surface area contributed by atoms with E-state index in [2.05, 4.69) is 39.1 Å². The van der Waals surface area contributed by atoms with Crippen LogP contribution in [0.25, 0.3) is 0 Å². The Morgan fingerprint density at radius 1 is 1.38 bits per heavy atom. The van der Waals surface area contributed by atoms with Crippen molar-refractivity contribution in [2.24, 2.45) is 0 Å². The average molecular weight is 237 g/mol. The van der Waals surface area contributed by atoms with E-state index in [0.717, 1.165) is 12.4 Å². The van der Waals surface area contributed by atoms with Crippen molar-refractivity contribution in [3.63, 3.8) is 0 Å². The highest BCUT2D eigenvalue weighted by Gasteiger charge is 2.10. The van der Waals surface area contributed by atoms with E-state index in [9.17, 15) is 0 Å². The minimum absolute atomic E-state index is 0.960. The molecule has 0 unspecified atom stereocenters. The highest BCUT2D eigenvalue weighted by Crippen LogP contribution is 2.13.